The first kappa shape index (κ1) is 16.3. The molecule has 1 aromatic carbocycles. The molecule has 0 bridgehead atoms. The molecule has 1 aliphatic carbocycles. The van der Waals surface area contributed by atoms with Crippen LogP contribution >= 0.6 is 0 Å². The zero-order valence-corrected chi connectivity index (χ0v) is 13.8. The number of benzene rings is 1. The van der Waals surface area contributed by atoms with Crippen molar-refractivity contribution in [1.82, 2.24) is 5.32 Å². The van der Waals surface area contributed by atoms with E-state index in [1.807, 2.05) is 0 Å². The minimum absolute atomic E-state index is 0.255. The minimum atomic E-state index is -0.545. The highest BCUT2D eigenvalue weighted by molar-refractivity contribution is 6.05. The molecule has 0 aliphatic heterocycles. The van der Waals surface area contributed by atoms with Gasteiger partial charge in [-0.25, -0.2) is 4.79 Å². The zero-order chi connectivity index (χ0) is 16.9. The predicted octanol–water partition coefficient (Wildman–Crippen LogP) is 3.42. The van der Waals surface area contributed by atoms with E-state index in [0.717, 1.165) is 19.3 Å². The summed E-state index contributed by atoms with van der Waals surface area (Å²) in [5, 5.41) is 3.50. The summed E-state index contributed by atoms with van der Waals surface area (Å²) in [5.41, 5.74) is 1.54. The predicted molar refractivity (Wildman–Crippen MR) is 92.5 cm³/mol. The van der Waals surface area contributed by atoms with Crippen LogP contribution in [0.4, 0.5) is 0 Å². The standard InChI is InChI=1S/C19H21NO4/c1-23-14-7-8-15-16(12-18(21)24-17(15)11-14)19(22)20-10-9-13-5-3-2-4-6-13/h5,7-8,11-12H,2-4,6,9-10H2,1H3,(H,20,22). The number of hydrogen-bond donors (Lipinski definition) is 1. The lowest BCUT2D eigenvalue weighted by Gasteiger charge is -2.13. The van der Waals surface area contributed by atoms with Crippen molar-refractivity contribution >= 4 is 16.9 Å². The van der Waals surface area contributed by atoms with Gasteiger partial charge in [-0.05, 0) is 44.2 Å². The van der Waals surface area contributed by atoms with Gasteiger partial charge in [0.2, 0.25) is 0 Å². The summed E-state index contributed by atoms with van der Waals surface area (Å²) in [7, 11) is 1.54. The van der Waals surface area contributed by atoms with E-state index in [1.54, 1.807) is 18.2 Å². The Labute approximate surface area is 140 Å². The third-order valence-corrected chi connectivity index (χ3v) is 4.31. The summed E-state index contributed by atoms with van der Waals surface area (Å²) in [6.45, 7) is 0.572. The Morgan fingerprint density at radius 2 is 2.17 bits per heavy atom. The van der Waals surface area contributed by atoms with Crippen LogP contribution in [0, 0.1) is 0 Å². The monoisotopic (exact) mass is 327 g/mol. The van der Waals surface area contributed by atoms with Crippen LogP contribution in [0.15, 0.2) is 45.1 Å². The molecule has 0 radical (unpaired) electrons. The number of amides is 1. The van der Waals surface area contributed by atoms with E-state index in [9.17, 15) is 9.59 Å². The lowest BCUT2D eigenvalue weighted by atomic mass is 9.97. The molecule has 1 amide bonds. The minimum Gasteiger partial charge on any atom is -0.497 e. The lowest BCUT2D eigenvalue weighted by molar-refractivity contribution is 0.0955. The van der Waals surface area contributed by atoms with Gasteiger partial charge in [0.25, 0.3) is 5.91 Å². The molecular weight excluding hydrogens is 306 g/mol. The van der Waals surface area contributed by atoms with Crippen LogP contribution in [0.5, 0.6) is 5.75 Å². The van der Waals surface area contributed by atoms with Crippen molar-refractivity contribution in [2.24, 2.45) is 0 Å². The third kappa shape index (κ3) is 3.67. The number of nitrogens with one attached hydrogen (secondary N) is 1. The number of ether oxygens (including phenoxy) is 1. The molecule has 1 aromatic heterocycles. The van der Waals surface area contributed by atoms with E-state index in [4.69, 9.17) is 9.15 Å². The van der Waals surface area contributed by atoms with Crippen LogP contribution in [-0.2, 0) is 0 Å². The topological polar surface area (TPSA) is 68.5 Å². The molecular formula is C19H21NO4. The molecule has 1 aliphatic rings. The molecule has 24 heavy (non-hydrogen) atoms. The Hall–Kier alpha value is -2.56. The first-order valence-corrected chi connectivity index (χ1v) is 8.25. The van der Waals surface area contributed by atoms with E-state index < -0.39 is 5.63 Å². The fourth-order valence-corrected chi connectivity index (χ4v) is 3.02. The maximum absolute atomic E-state index is 12.5. The highest BCUT2D eigenvalue weighted by atomic mass is 16.5. The van der Waals surface area contributed by atoms with Crippen LogP contribution in [0.3, 0.4) is 0 Å². The first-order valence-electron chi connectivity index (χ1n) is 8.25. The number of carbonyl (C=O) groups is 1. The quantitative estimate of drug-likeness (QED) is 0.675. The van der Waals surface area contributed by atoms with Crippen LogP contribution < -0.4 is 15.7 Å². The Bertz CT molecular complexity index is 835. The summed E-state index contributed by atoms with van der Waals surface area (Å²) >= 11 is 0. The third-order valence-electron chi connectivity index (χ3n) is 4.31. The average molecular weight is 327 g/mol. The van der Waals surface area contributed by atoms with Crippen molar-refractivity contribution in [2.45, 2.75) is 32.1 Å². The summed E-state index contributed by atoms with van der Waals surface area (Å²) in [6.07, 6.45) is 7.87. The van der Waals surface area contributed by atoms with Crippen LogP contribution in [0.25, 0.3) is 11.0 Å². The molecule has 3 rings (SSSR count). The SMILES string of the molecule is COc1ccc2c(C(=O)NCCC3=CCCCC3)cc(=O)oc2c1. The molecule has 1 N–H and O–H groups in total. The van der Waals surface area contributed by atoms with E-state index in [2.05, 4.69) is 11.4 Å². The highest BCUT2D eigenvalue weighted by Crippen LogP contribution is 2.23. The summed E-state index contributed by atoms with van der Waals surface area (Å²) in [4.78, 5) is 24.2. The van der Waals surface area contributed by atoms with Gasteiger partial charge in [-0.1, -0.05) is 11.6 Å². The molecule has 5 heteroatoms. The van der Waals surface area contributed by atoms with Crippen molar-refractivity contribution in [2.75, 3.05) is 13.7 Å². The van der Waals surface area contributed by atoms with E-state index >= 15 is 0 Å². The lowest BCUT2D eigenvalue weighted by Crippen LogP contribution is -2.26. The molecule has 0 atom stereocenters. The molecule has 0 saturated heterocycles. The number of allylic oxidation sites excluding steroid dienone is 1. The number of carbonyl (C=O) groups excluding carboxylic acids is 1. The molecule has 1 heterocycles. The highest BCUT2D eigenvalue weighted by Gasteiger charge is 2.14. The summed E-state index contributed by atoms with van der Waals surface area (Å²) in [5.74, 6) is 0.321. The Balaban J connectivity index is 1.76. The van der Waals surface area contributed by atoms with Gasteiger partial charge < -0.3 is 14.5 Å². The molecule has 2 aromatic rings. The number of rotatable bonds is 5. The second-order valence-electron chi connectivity index (χ2n) is 5.96. The molecule has 0 fully saturated rings. The smallest absolute Gasteiger partial charge is 0.337 e. The van der Waals surface area contributed by atoms with Crippen molar-refractivity contribution in [3.63, 3.8) is 0 Å². The van der Waals surface area contributed by atoms with E-state index in [1.165, 1.54) is 31.6 Å². The van der Waals surface area contributed by atoms with Crippen molar-refractivity contribution in [1.29, 1.82) is 0 Å². The second-order valence-corrected chi connectivity index (χ2v) is 5.96. The molecule has 5 nitrogen and oxygen atoms in total. The fraction of sp³-hybridized carbons (Fsp3) is 0.368. The molecule has 0 unspecified atom stereocenters. The van der Waals surface area contributed by atoms with Crippen molar-refractivity contribution in [3.8, 4) is 5.75 Å². The van der Waals surface area contributed by atoms with Gasteiger partial charge >= 0.3 is 5.63 Å². The summed E-state index contributed by atoms with van der Waals surface area (Å²) < 4.78 is 10.3. The van der Waals surface area contributed by atoms with Gasteiger partial charge in [0.15, 0.2) is 0 Å². The normalized spacial score (nSPS) is 14.3. The number of methoxy groups -OCH3 is 1. The van der Waals surface area contributed by atoms with Gasteiger partial charge in [0.05, 0.1) is 12.7 Å². The maximum Gasteiger partial charge on any atom is 0.337 e. The Morgan fingerprint density at radius 3 is 2.92 bits per heavy atom. The zero-order valence-electron chi connectivity index (χ0n) is 13.8. The van der Waals surface area contributed by atoms with Gasteiger partial charge in [-0.2, -0.15) is 0 Å². The first-order chi connectivity index (χ1) is 11.7. The van der Waals surface area contributed by atoms with Gasteiger partial charge in [0, 0.05) is 24.1 Å². The Morgan fingerprint density at radius 1 is 1.29 bits per heavy atom. The van der Waals surface area contributed by atoms with Crippen molar-refractivity contribution in [3.05, 3.63) is 51.9 Å². The van der Waals surface area contributed by atoms with Gasteiger partial charge in [0.1, 0.15) is 11.3 Å². The molecule has 0 spiro atoms. The van der Waals surface area contributed by atoms with Crippen molar-refractivity contribution < 1.29 is 13.9 Å². The van der Waals surface area contributed by atoms with Gasteiger partial charge in [-0.15, -0.1) is 0 Å². The maximum atomic E-state index is 12.5. The second kappa shape index (κ2) is 7.34. The largest absolute Gasteiger partial charge is 0.497 e. The van der Waals surface area contributed by atoms with E-state index in [-0.39, 0.29) is 5.91 Å². The van der Waals surface area contributed by atoms with E-state index in [0.29, 0.717) is 28.8 Å². The number of fused-ring (bicyclic) bond motifs is 1. The fourth-order valence-electron chi connectivity index (χ4n) is 3.02. The van der Waals surface area contributed by atoms with Crippen LogP contribution in [0.2, 0.25) is 0 Å². The van der Waals surface area contributed by atoms with Crippen LogP contribution in [0.1, 0.15) is 42.5 Å². The van der Waals surface area contributed by atoms with Crippen LogP contribution in [-0.4, -0.2) is 19.6 Å². The van der Waals surface area contributed by atoms with Gasteiger partial charge in [-0.3, -0.25) is 4.79 Å². The Kier molecular flexibility index (Phi) is 4.99. The molecule has 0 saturated carbocycles. The summed E-state index contributed by atoms with van der Waals surface area (Å²) in [6, 6.07) is 6.33. The molecule has 126 valence electrons. The average Bonchev–Trinajstić information content (AvgIpc) is 2.61. The number of hydrogen-bond acceptors (Lipinski definition) is 4.